The van der Waals surface area contributed by atoms with E-state index in [9.17, 15) is 0 Å². The summed E-state index contributed by atoms with van der Waals surface area (Å²) in [5.74, 6) is 0. The largest absolute Gasteiger partial charge is 0.464 e. The topological polar surface area (TPSA) is 25.2 Å². The van der Waals surface area contributed by atoms with Gasteiger partial charge in [-0.2, -0.15) is 0 Å². The van der Waals surface area contributed by atoms with Gasteiger partial charge in [-0.05, 0) is 55.5 Å². The van der Waals surface area contributed by atoms with Crippen molar-refractivity contribution in [2.24, 2.45) is 0 Å². The third kappa shape index (κ3) is 2.59. The molecule has 0 atom stereocenters. The van der Waals surface area contributed by atoms with E-state index in [1.807, 2.05) is 6.26 Å². The SMILES string of the molecule is CCCc1ccc2occ(CCNC3CC3)c2c1. The van der Waals surface area contributed by atoms with E-state index in [0.717, 1.165) is 31.0 Å². The number of nitrogens with one attached hydrogen (secondary N) is 1. The molecule has 3 rings (SSSR count). The van der Waals surface area contributed by atoms with Crippen molar-refractivity contribution in [1.82, 2.24) is 5.32 Å². The van der Waals surface area contributed by atoms with Crippen LogP contribution in [0.2, 0.25) is 0 Å². The van der Waals surface area contributed by atoms with Crippen molar-refractivity contribution in [1.29, 1.82) is 0 Å². The van der Waals surface area contributed by atoms with Crippen molar-refractivity contribution in [3.63, 3.8) is 0 Å². The number of benzene rings is 1. The zero-order chi connectivity index (χ0) is 12.4. The molecule has 0 radical (unpaired) electrons. The van der Waals surface area contributed by atoms with Crippen molar-refractivity contribution in [3.05, 3.63) is 35.6 Å². The first-order chi connectivity index (χ1) is 8.86. The van der Waals surface area contributed by atoms with E-state index in [4.69, 9.17) is 4.42 Å². The third-order valence-electron chi connectivity index (χ3n) is 3.66. The second kappa shape index (κ2) is 5.15. The first-order valence-corrected chi connectivity index (χ1v) is 7.09. The average Bonchev–Trinajstić information content (AvgIpc) is 3.11. The summed E-state index contributed by atoms with van der Waals surface area (Å²) in [7, 11) is 0. The molecular weight excluding hydrogens is 222 g/mol. The summed E-state index contributed by atoms with van der Waals surface area (Å²) >= 11 is 0. The van der Waals surface area contributed by atoms with Crippen LogP contribution in [0.15, 0.2) is 28.9 Å². The van der Waals surface area contributed by atoms with Crippen LogP contribution in [-0.4, -0.2) is 12.6 Å². The first kappa shape index (κ1) is 11.8. The highest BCUT2D eigenvalue weighted by molar-refractivity contribution is 5.81. The number of aryl methyl sites for hydroxylation is 1. The van der Waals surface area contributed by atoms with Crippen molar-refractivity contribution in [2.45, 2.75) is 45.1 Å². The molecule has 1 heterocycles. The molecule has 1 aromatic heterocycles. The van der Waals surface area contributed by atoms with Crippen LogP contribution in [0, 0.1) is 0 Å². The van der Waals surface area contributed by atoms with Crippen LogP contribution in [0.5, 0.6) is 0 Å². The Morgan fingerprint density at radius 1 is 1.28 bits per heavy atom. The van der Waals surface area contributed by atoms with Gasteiger partial charge in [0.15, 0.2) is 0 Å². The predicted molar refractivity (Wildman–Crippen MR) is 74.9 cm³/mol. The van der Waals surface area contributed by atoms with Crippen LogP contribution in [0.4, 0.5) is 0 Å². The molecule has 0 aliphatic heterocycles. The minimum Gasteiger partial charge on any atom is -0.464 e. The Kier molecular flexibility index (Phi) is 3.37. The normalized spacial score (nSPS) is 15.4. The Labute approximate surface area is 108 Å². The van der Waals surface area contributed by atoms with Gasteiger partial charge in [0.1, 0.15) is 5.58 Å². The minimum atomic E-state index is 0.791. The lowest BCUT2D eigenvalue weighted by Crippen LogP contribution is -2.19. The van der Waals surface area contributed by atoms with Crippen LogP contribution in [0.1, 0.15) is 37.3 Å². The fourth-order valence-electron chi connectivity index (χ4n) is 2.47. The van der Waals surface area contributed by atoms with E-state index in [-0.39, 0.29) is 0 Å². The van der Waals surface area contributed by atoms with Gasteiger partial charge in [-0.1, -0.05) is 19.4 Å². The smallest absolute Gasteiger partial charge is 0.134 e. The summed E-state index contributed by atoms with van der Waals surface area (Å²) in [5, 5.41) is 4.86. The predicted octanol–water partition coefficient (Wildman–Crippen LogP) is 3.68. The molecule has 2 nitrogen and oxygen atoms in total. The van der Waals surface area contributed by atoms with E-state index >= 15 is 0 Å². The molecule has 1 fully saturated rings. The van der Waals surface area contributed by atoms with E-state index in [1.54, 1.807) is 0 Å². The molecule has 1 aromatic carbocycles. The number of fused-ring (bicyclic) bond motifs is 1. The van der Waals surface area contributed by atoms with E-state index in [2.05, 4.69) is 30.4 Å². The van der Waals surface area contributed by atoms with Crippen LogP contribution < -0.4 is 5.32 Å². The molecule has 18 heavy (non-hydrogen) atoms. The number of rotatable bonds is 6. The van der Waals surface area contributed by atoms with Gasteiger partial charge < -0.3 is 9.73 Å². The van der Waals surface area contributed by atoms with E-state index in [1.165, 1.54) is 35.8 Å². The van der Waals surface area contributed by atoms with Crippen LogP contribution in [-0.2, 0) is 12.8 Å². The molecule has 2 heteroatoms. The summed E-state index contributed by atoms with van der Waals surface area (Å²) < 4.78 is 5.63. The van der Waals surface area contributed by atoms with Gasteiger partial charge in [0, 0.05) is 11.4 Å². The molecule has 1 N–H and O–H groups in total. The zero-order valence-corrected chi connectivity index (χ0v) is 11.0. The van der Waals surface area contributed by atoms with Crippen molar-refractivity contribution < 1.29 is 4.42 Å². The minimum absolute atomic E-state index is 0.791. The van der Waals surface area contributed by atoms with Crippen LogP contribution in [0.3, 0.4) is 0 Å². The van der Waals surface area contributed by atoms with Gasteiger partial charge in [-0.15, -0.1) is 0 Å². The molecule has 0 saturated heterocycles. The molecule has 1 saturated carbocycles. The second-order valence-corrected chi connectivity index (χ2v) is 5.32. The molecule has 96 valence electrons. The molecule has 1 aliphatic rings. The number of hydrogen-bond donors (Lipinski definition) is 1. The highest BCUT2D eigenvalue weighted by atomic mass is 16.3. The molecule has 0 bridgehead atoms. The van der Waals surface area contributed by atoms with Crippen molar-refractivity contribution in [2.75, 3.05) is 6.54 Å². The molecule has 0 amide bonds. The highest BCUT2D eigenvalue weighted by Crippen LogP contribution is 2.24. The summed E-state index contributed by atoms with van der Waals surface area (Å²) in [6.45, 7) is 3.29. The van der Waals surface area contributed by atoms with Gasteiger partial charge in [0.25, 0.3) is 0 Å². The van der Waals surface area contributed by atoms with Gasteiger partial charge in [-0.3, -0.25) is 0 Å². The Hall–Kier alpha value is -1.28. The standard InChI is InChI=1S/C16H21NO/c1-2-3-12-4-7-16-15(10-12)13(11-18-16)8-9-17-14-5-6-14/h4,7,10-11,14,17H,2-3,5-6,8-9H2,1H3. The Morgan fingerprint density at radius 3 is 2.94 bits per heavy atom. The molecular formula is C16H21NO. The number of furan rings is 1. The molecule has 0 spiro atoms. The van der Waals surface area contributed by atoms with Gasteiger partial charge >= 0.3 is 0 Å². The van der Waals surface area contributed by atoms with Crippen LogP contribution >= 0.6 is 0 Å². The number of hydrogen-bond acceptors (Lipinski definition) is 2. The molecule has 1 aliphatic carbocycles. The maximum absolute atomic E-state index is 5.63. The monoisotopic (exact) mass is 243 g/mol. The van der Waals surface area contributed by atoms with Crippen molar-refractivity contribution in [3.8, 4) is 0 Å². The van der Waals surface area contributed by atoms with E-state index in [0.29, 0.717) is 0 Å². The van der Waals surface area contributed by atoms with Gasteiger partial charge in [0.2, 0.25) is 0 Å². The summed E-state index contributed by atoms with van der Waals surface area (Å²) in [6.07, 6.45) is 8.05. The summed E-state index contributed by atoms with van der Waals surface area (Å²) in [5.41, 5.74) is 3.79. The van der Waals surface area contributed by atoms with Gasteiger partial charge in [-0.25, -0.2) is 0 Å². The molecule has 0 unspecified atom stereocenters. The molecule has 2 aromatic rings. The lowest BCUT2D eigenvalue weighted by Gasteiger charge is -2.02. The Bertz CT molecular complexity index is 525. The fraction of sp³-hybridized carbons (Fsp3) is 0.500. The Balaban J connectivity index is 1.74. The lowest BCUT2D eigenvalue weighted by molar-refractivity contribution is 0.605. The van der Waals surface area contributed by atoms with E-state index < -0.39 is 0 Å². The average molecular weight is 243 g/mol. The van der Waals surface area contributed by atoms with Crippen molar-refractivity contribution >= 4 is 11.0 Å². The maximum Gasteiger partial charge on any atom is 0.134 e. The maximum atomic E-state index is 5.63. The third-order valence-corrected chi connectivity index (χ3v) is 3.66. The second-order valence-electron chi connectivity index (χ2n) is 5.32. The summed E-state index contributed by atoms with van der Waals surface area (Å²) in [4.78, 5) is 0. The first-order valence-electron chi connectivity index (χ1n) is 7.09. The Morgan fingerprint density at radius 2 is 2.17 bits per heavy atom. The fourth-order valence-corrected chi connectivity index (χ4v) is 2.47. The quantitative estimate of drug-likeness (QED) is 0.837. The highest BCUT2D eigenvalue weighted by Gasteiger charge is 2.19. The van der Waals surface area contributed by atoms with Gasteiger partial charge in [0.05, 0.1) is 6.26 Å². The van der Waals surface area contributed by atoms with Crippen LogP contribution in [0.25, 0.3) is 11.0 Å². The summed E-state index contributed by atoms with van der Waals surface area (Å²) in [6, 6.07) is 7.38. The lowest BCUT2D eigenvalue weighted by atomic mass is 10.0. The zero-order valence-electron chi connectivity index (χ0n) is 11.0.